The lowest BCUT2D eigenvalue weighted by Crippen LogP contribution is -2.28. The summed E-state index contributed by atoms with van der Waals surface area (Å²) in [6.07, 6.45) is 9.77. The van der Waals surface area contributed by atoms with Gasteiger partial charge in [0.2, 0.25) is 0 Å². The molecule has 1 saturated heterocycles. The van der Waals surface area contributed by atoms with E-state index in [1.165, 1.54) is 32.1 Å². The highest BCUT2D eigenvalue weighted by Gasteiger charge is 2.13. The van der Waals surface area contributed by atoms with Gasteiger partial charge in [-0.25, -0.2) is 9.97 Å². The summed E-state index contributed by atoms with van der Waals surface area (Å²) in [5.74, 6) is 2.05. The maximum atomic E-state index is 4.69. The van der Waals surface area contributed by atoms with E-state index in [2.05, 4.69) is 28.2 Å². The maximum absolute atomic E-state index is 4.69. The van der Waals surface area contributed by atoms with Crippen molar-refractivity contribution in [2.45, 2.75) is 50.6 Å². The Morgan fingerprint density at radius 1 is 1.15 bits per heavy atom. The largest absolute Gasteiger partial charge is 0.370 e. The van der Waals surface area contributed by atoms with Gasteiger partial charge in [0.1, 0.15) is 11.6 Å². The molecule has 0 saturated carbocycles. The highest BCUT2D eigenvalue weighted by molar-refractivity contribution is 7.98. The van der Waals surface area contributed by atoms with Crippen LogP contribution in [0.25, 0.3) is 0 Å². The topological polar surface area (TPSA) is 41.0 Å². The fraction of sp³-hybridized carbons (Fsp3) is 0.733. The third-order valence-electron chi connectivity index (χ3n) is 3.61. The molecule has 2 rings (SSSR count). The van der Waals surface area contributed by atoms with Crippen molar-refractivity contribution < 1.29 is 0 Å². The molecule has 112 valence electrons. The summed E-state index contributed by atoms with van der Waals surface area (Å²) in [5, 5.41) is 4.25. The first kappa shape index (κ1) is 15.4. The predicted molar refractivity (Wildman–Crippen MR) is 87.9 cm³/mol. The number of rotatable bonds is 5. The molecule has 1 aromatic rings. The number of nitrogens with zero attached hydrogens (tertiary/aromatic N) is 3. The number of hydrogen-bond donors (Lipinski definition) is 1. The van der Waals surface area contributed by atoms with Crippen molar-refractivity contribution in [3.8, 4) is 0 Å². The Balaban J connectivity index is 2.14. The number of aromatic nitrogens is 2. The summed E-state index contributed by atoms with van der Waals surface area (Å²) < 4.78 is 0. The van der Waals surface area contributed by atoms with Crippen LogP contribution in [-0.4, -0.2) is 35.9 Å². The van der Waals surface area contributed by atoms with Gasteiger partial charge in [-0.05, 0) is 25.5 Å². The van der Waals surface area contributed by atoms with Crippen molar-refractivity contribution in [1.29, 1.82) is 0 Å². The predicted octanol–water partition coefficient (Wildman–Crippen LogP) is 3.79. The Kier molecular flexibility index (Phi) is 6.43. The first-order valence-electron chi connectivity index (χ1n) is 7.75. The minimum atomic E-state index is 0.864. The van der Waals surface area contributed by atoms with E-state index in [9.17, 15) is 0 Å². The third kappa shape index (κ3) is 4.54. The van der Waals surface area contributed by atoms with Crippen LogP contribution in [0.5, 0.6) is 0 Å². The van der Waals surface area contributed by atoms with Crippen LogP contribution in [0.3, 0.4) is 0 Å². The van der Waals surface area contributed by atoms with E-state index >= 15 is 0 Å². The lowest BCUT2D eigenvalue weighted by molar-refractivity contribution is 0.552. The highest BCUT2D eigenvalue weighted by atomic mass is 32.2. The van der Waals surface area contributed by atoms with Crippen LogP contribution in [0.4, 0.5) is 11.6 Å². The molecule has 4 nitrogen and oxygen atoms in total. The maximum Gasteiger partial charge on any atom is 0.191 e. The number of hydrogen-bond acceptors (Lipinski definition) is 5. The van der Waals surface area contributed by atoms with E-state index in [1.54, 1.807) is 11.8 Å². The van der Waals surface area contributed by atoms with Gasteiger partial charge < -0.3 is 10.2 Å². The molecule has 0 aliphatic carbocycles. The van der Waals surface area contributed by atoms with Crippen LogP contribution in [-0.2, 0) is 0 Å². The quantitative estimate of drug-likeness (QED) is 0.661. The van der Waals surface area contributed by atoms with Gasteiger partial charge in [-0.15, -0.1) is 0 Å². The van der Waals surface area contributed by atoms with Crippen molar-refractivity contribution in [2.75, 3.05) is 36.1 Å². The van der Waals surface area contributed by atoms with Crippen molar-refractivity contribution >= 4 is 23.4 Å². The molecule has 1 aromatic heterocycles. The molecule has 0 unspecified atom stereocenters. The number of anilines is 2. The molecule has 1 aliphatic heterocycles. The molecule has 1 aliphatic rings. The molecular weight excluding hydrogens is 268 g/mol. The Morgan fingerprint density at radius 3 is 2.50 bits per heavy atom. The Bertz CT molecular complexity index is 403. The van der Waals surface area contributed by atoms with Crippen LogP contribution in [0, 0.1) is 0 Å². The lowest BCUT2D eigenvalue weighted by atomic mass is 10.1. The smallest absolute Gasteiger partial charge is 0.191 e. The van der Waals surface area contributed by atoms with E-state index in [1.807, 2.05) is 6.26 Å². The molecule has 20 heavy (non-hydrogen) atoms. The SMILES string of the molecule is CCCNc1cc(N2CCCCCCC2)nc(SC)n1. The van der Waals surface area contributed by atoms with Gasteiger partial charge in [0.15, 0.2) is 5.16 Å². The molecule has 2 heterocycles. The molecule has 0 amide bonds. The summed E-state index contributed by atoms with van der Waals surface area (Å²) in [5.41, 5.74) is 0. The average molecular weight is 294 g/mol. The lowest BCUT2D eigenvalue weighted by Gasteiger charge is -2.26. The zero-order chi connectivity index (χ0) is 14.2. The normalized spacial score (nSPS) is 16.6. The van der Waals surface area contributed by atoms with Crippen LogP contribution in [0.1, 0.15) is 45.4 Å². The molecule has 1 fully saturated rings. The van der Waals surface area contributed by atoms with Crippen molar-refractivity contribution in [1.82, 2.24) is 9.97 Å². The molecule has 0 atom stereocenters. The van der Waals surface area contributed by atoms with Gasteiger partial charge in [0.05, 0.1) is 0 Å². The second-order valence-electron chi connectivity index (χ2n) is 5.28. The van der Waals surface area contributed by atoms with Gasteiger partial charge in [0.25, 0.3) is 0 Å². The van der Waals surface area contributed by atoms with Crippen LogP contribution in [0.2, 0.25) is 0 Å². The third-order valence-corrected chi connectivity index (χ3v) is 4.16. The zero-order valence-corrected chi connectivity index (χ0v) is 13.5. The first-order chi connectivity index (χ1) is 9.83. The standard InChI is InChI=1S/C15H26N4S/c1-3-9-16-13-12-14(18-15(17-13)20-2)19-10-7-5-4-6-8-11-19/h12H,3-11H2,1-2H3,(H,16,17,18). The van der Waals surface area contributed by atoms with Crippen molar-refractivity contribution in [2.24, 2.45) is 0 Å². The molecule has 0 radical (unpaired) electrons. The van der Waals surface area contributed by atoms with E-state index in [-0.39, 0.29) is 0 Å². The first-order valence-corrected chi connectivity index (χ1v) is 8.98. The van der Waals surface area contributed by atoms with Crippen LogP contribution >= 0.6 is 11.8 Å². The number of nitrogens with one attached hydrogen (secondary N) is 1. The molecule has 1 N–H and O–H groups in total. The molecule has 0 aromatic carbocycles. The summed E-state index contributed by atoms with van der Waals surface area (Å²) in [7, 11) is 0. The molecule has 0 bridgehead atoms. The summed E-state index contributed by atoms with van der Waals surface area (Å²) in [4.78, 5) is 11.7. The van der Waals surface area contributed by atoms with Gasteiger partial charge in [0, 0.05) is 25.7 Å². The monoisotopic (exact) mass is 294 g/mol. The minimum absolute atomic E-state index is 0.864. The van der Waals surface area contributed by atoms with Crippen LogP contribution < -0.4 is 10.2 Å². The fourth-order valence-electron chi connectivity index (χ4n) is 2.49. The van der Waals surface area contributed by atoms with Gasteiger partial charge in [-0.3, -0.25) is 0 Å². The van der Waals surface area contributed by atoms with Crippen molar-refractivity contribution in [3.05, 3.63) is 6.07 Å². The van der Waals surface area contributed by atoms with E-state index < -0.39 is 0 Å². The van der Waals surface area contributed by atoms with Crippen LogP contribution in [0.15, 0.2) is 11.2 Å². The minimum Gasteiger partial charge on any atom is -0.370 e. The highest BCUT2D eigenvalue weighted by Crippen LogP contribution is 2.22. The van der Waals surface area contributed by atoms with Gasteiger partial charge in [-0.1, -0.05) is 37.9 Å². The summed E-state index contributed by atoms with van der Waals surface area (Å²) in [6.45, 7) is 5.38. The zero-order valence-electron chi connectivity index (χ0n) is 12.7. The Labute approximate surface area is 126 Å². The second kappa shape index (κ2) is 8.35. The summed E-state index contributed by atoms with van der Waals surface area (Å²) >= 11 is 1.62. The number of thioether (sulfide) groups is 1. The fourth-order valence-corrected chi connectivity index (χ4v) is 2.86. The van der Waals surface area contributed by atoms with Gasteiger partial charge in [-0.2, -0.15) is 0 Å². The van der Waals surface area contributed by atoms with E-state index in [0.717, 1.165) is 42.8 Å². The Morgan fingerprint density at radius 2 is 1.85 bits per heavy atom. The van der Waals surface area contributed by atoms with E-state index in [0.29, 0.717) is 0 Å². The van der Waals surface area contributed by atoms with Crippen molar-refractivity contribution in [3.63, 3.8) is 0 Å². The summed E-state index contributed by atoms with van der Waals surface area (Å²) in [6, 6.07) is 2.11. The second-order valence-corrected chi connectivity index (χ2v) is 6.05. The molecule has 0 spiro atoms. The Hall–Kier alpha value is -0.970. The molecule has 5 heteroatoms. The van der Waals surface area contributed by atoms with E-state index in [4.69, 9.17) is 4.98 Å². The average Bonchev–Trinajstić information content (AvgIpc) is 2.44. The molecular formula is C15H26N4S. The van der Waals surface area contributed by atoms with Gasteiger partial charge >= 0.3 is 0 Å².